The maximum Gasteiger partial charge on any atom is 0.146 e. The Morgan fingerprint density at radius 1 is 1.64 bits per heavy atom. The second kappa shape index (κ2) is 1.96. The van der Waals surface area contributed by atoms with Gasteiger partial charge in [0.2, 0.25) is 0 Å². The van der Waals surface area contributed by atoms with Crippen LogP contribution in [0.25, 0.3) is 0 Å². The molecule has 2 atom stereocenters. The second-order valence-electron chi connectivity index (χ2n) is 4.36. The average Bonchev–Trinajstić information content (AvgIpc) is 2.04. The summed E-state index contributed by atoms with van der Waals surface area (Å²) in [5, 5.41) is 0. The standard InChI is InChI=1S/C10H14O/c1-10(2)8-4-3-7(6-11)9(10)5-8/h3,6,8-9H,4-5H2,1-2H3/t8-,9-/m0/s1. The second-order valence-corrected chi connectivity index (χ2v) is 4.36. The van der Waals surface area contributed by atoms with Crippen molar-refractivity contribution in [3.63, 3.8) is 0 Å². The fourth-order valence-electron chi connectivity index (χ4n) is 2.53. The molecule has 0 saturated heterocycles. The van der Waals surface area contributed by atoms with Crippen LogP contribution in [-0.2, 0) is 4.79 Å². The number of allylic oxidation sites excluding steroid dienone is 2. The number of hydrogen-bond acceptors (Lipinski definition) is 1. The maximum atomic E-state index is 10.6. The van der Waals surface area contributed by atoms with Gasteiger partial charge in [-0.15, -0.1) is 0 Å². The van der Waals surface area contributed by atoms with E-state index >= 15 is 0 Å². The SMILES string of the molecule is CC1(C)[C@H]2CC=C(C=O)[C@@H]1C2. The molecular weight excluding hydrogens is 136 g/mol. The normalized spacial score (nSPS) is 38.9. The van der Waals surface area contributed by atoms with E-state index in [2.05, 4.69) is 19.9 Å². The molecule has 0 spiro atoms. The number of hydrogen-bond donors (Lipinski definition) is 0. The maximum absolute atomic E-state index is 10.6. The Balaban J connectivity index is 2.30. The summed E-state index contributed by atoms with van der Waals surface area (Å²) in [6.45, 7) is 4.56. The first-order valence-corrected chi connectivity index (χ1v) is 4.31. The highest BCUT2D eigenvalue weighted by Gasteiger charge is 2.50. The summed E-state index contributed by atoms with van der Waals surface area (Å²) < 4.78 is 0. The molecule has 1 fully saturated rings. The van der Waals surface area contributed by atoms with Gasteiger partial charge < -0.3 is 0 Å². The quantitative estimate of drug-likeness (QED) is 0.523. The van der Waals surface area contributed by atoms with Crippen LogP contribution in [0, 0.1) is 17.3 Å². The number of rotatable bonds is 1. The van der Waals surface area contributed by atoms with Crippen LogP contribution in [0.5, 0.6) is 0 Å². The van der Waals surface area contributed by atoms with Crippen LogP contribution < -0.4 is 0 Å². The minimum Gasteiger partial charge on any atom is -0.298 e. The number of fused-ring (bicyclic) bond motifs is 1. The van der Waals surface area contributed by atoms with E-state index in [-0.39, 0.29) is 0 Å². The first kappa shape index (κ1) is 7.08. The van der Waals surface area contributed by atoms with Crippen molar-refractivity contribution < 1.29 is 4.79 Å². The van der Waals surface area contributed by atoms with Crippen LogP contribution >= 0.6 is 0 Å². The van der Waals surface area contributed by atoms with E-state index in [1.165, 1.54) is 6.42 Å². The van der Waals surface area contributed by atoms with Crippen LogP contribution in [0.1, 0.15) is 26.7 Å². The number of aldehydes is 1. The lowest BCUT2D eigenvalue weighted by Gasteiger charge is -2.55. The van der Waals surface area contributed by atoms with Gasteiger partial charge in [-0.3, -0.25) is 4.79 Å². The van der Waals surface area contributed by atoms with Gasteiger partial charge in [-0.2, -0.15) is 0 Å². The molecule has 60 valence electrons. The Bertz CT molecular complexity index is 225. The molecule has 0 N–H and O–H groups in total. The zero-order valence-corrected chi connectivity index (χ0v) is 7.13. The van der Waals surface area contributed by atoms with E-state index in [4.69, 9.17) is 0 Å². The highest BCUT2D eigenvalue weighted by Crippen LogP contribution is 2.58. The lowest BCUT2D eigenvalue weighted by Crippen LogP contribution is -2.48. The summed E-state index contributed by atoms with van der Waals surface area (Å²) >= 11 is 0. The molecule has 2 bridgehead atoms. The predicted octanol–water partition coefficient (Wildman–Crippen LogP) is 2.18. The molecule has 0 aliphatic heterocycles. The lowest BCUT2D eigenvalue weighted by atomic mass is 9.49. The van der Waals surface area contributed by atoms with Crippen molar-refractivity contribution in [2.75, 3.05) is 0 Å². The Morgan fingerprint density at radius 2 is 2.36 bits per heavy atom. The van der Waals surface area contributed by atoms with Gasteiger partial charge in [-0.05, 0) is 35.7 Å². The van der Waals surface area contributed by atoms with Crippen molar-refractivity contribution in [2.24, 2.45) is 17.3 Å². The Kier molecular flexibility index (Phi) is 1.26. The molecule has 3 aliphatic rings. The monoisotopic (exact) mass is 150 g/mol. The number of carbonyl (C=O) groups is 1. The average molecular weight is 150 g/mol. The van der Waals surface area contributed by atoms with Gasteiger partial charge in [0.1, 0.15) is 6.29 Å². The summed E-state index contributed by atoms with van der Waals surface area (Å²) in [5.41, 5.74) is 1.46. The van der Waals surface area contributed by atoms with E-state index < -0.39 is 0 Å². The molecule has 0 radical (unpaired) electrons. The largest absolute Gasteiger partial charge is 0.298 e. The highest BCUT2D eigenvalue weighted by molar-refractivity contribution is 5.75. The Morgan fingerprint density at radius 3 is 2.73 bits per heavy atom. The summed E-state index contributed by atoms with van der Waals surface area (Å²) in [6, 6.07) is 0. The summed E-state index contributed by atoms with van der Waals surface area (Å²) in [6.07, 6.45) is 5.54. The Labute approximate surface area is 67.5 Å². The minimum atomic E-state index is 0.408. The molecule has 11 heavy (non-hydrogen) atoms. The van der Waals surface area contributed by atoms with E-state index in [9.17, 15) is 4.79 Å². The fraction of sp³-hybridized carbons (Fsp3) is 0.700. The van der Waals surface area contributed by atoms with Crippen molar-refractivity contribution >= 4 is 6.29 Å². The molecule has 1 heteroatoms. The summed E-state index contributed by atoms with van der Waals surface area (Å²) in [5.74, 6) is 1.41. The molecule has 0 heterocycles. The van der Waals surface area contributed by atoms with E-state index in [1.807, 2.05) is 0 Å². The topological polar surface area (TPSA) is 17.1 Å². The van der Waals surface area contributed by atoms with Crippen molar-refractivity contribution in [1.29, 1.82) is 0 Å². The number of carbonyl (C=O) groups excluding carboxylic acids is 1. The van der Waals surface area contributed by atoms with Crippen LogP contribution in [-0.4, -0.2) is 6.29 Å². The fourth-order valence-corrected chi connectivity index (χ4v) is 2.53. The van der Waals surface area contributed by atoms with Crippen LogP contribution in [0.2, 0.25) is 0 Å². The third kappa shape index (κ3) is 0.741. The highest BCUT2D eigenvalue weighted by atomic mass is 16.1. The van der Waals surface area contributed by atoms with Crippen molar-refractivity contribution in [3.8, 4) is 0 Å². The van der Waals surface area contributed by atoms with Crippen molar-refractivity contribution in [2.45, 2.75) is 26.7 Å². The van der Waals surface area contributed by atoms with Crippen LogP contribution in [0.3, 0.4) is 0 Å². The lowest BCUT2D eigenvalue weighted by molar-refractivity contribution is -0.108. The van der Waals surface area contributed by atoms with Gasteiger partial charge in [0.05, 0.1) is 0 Å². The third-order valence-electron chi connectivity index (χ3n) is 3.65. The predicted molar refractivity (Wildman–Crippen MR) is 44.1 cm³/mol. The van der Waals surface area contributed by atoms with E-state index in [0.717, 1.165) is 24.2 Å². The molecule has 0 aromatic heterocycles. The van der Waals surface area contributed by atoms with Gasteiger partial charge in [-0.25, -0.2) is 0 Å². The van der Waals surface area contributed by atoms with Gasteiger partial charge in [0.15, 0.2) is 0 Å². The van der Waals surface area contributed by atoms with E-state index in [0.29, 0.717) is 11.3 Å². The molecule has 3 rings (SSSR count). The zero-order chi connectivity index (χ0) is 8.06. The molecule has 0 amide bonds. The van der Waals surface area contributed by atoms with Gasteiger partial charge in [0.25, 0.3) is 0 Å². The Hall–Kier alpha value is -0.590. The van der Waals surface area contributed by atoms with Gasteiger partial charge in [0, 0.05) is 0 Å². The molecule has 1 nitrogen and oxygen atoms in total. The summed E-state index contributed by atoms with van der Waals surface area (Å²) in [7, 11) is 0. The first-order chi connectivity index (χ1) is 5.16. The molecule has 3 aliphatic carbocycles. The minimum absolute atomic E-state index is 0.408. The third-order valence-corrected chi connectivity index (χ3v) is 3.65. The zero-order valence-electron chi connectivity index (χ0n) is 7.13. The van der Waals surface area contributed by atoms with Crippen molar-refractivity contribution in [1.82, 2.24) is 0 Å². The van der Waals surface area contributed by atoms with Gasteiger partial charge >= 0.3 is 0 Å². The van der Waals surface area contributed by atoms with Crippen molar-refractivity contribution in [3.05, 3.63) is 11.6 Å². The summed E-state index contributed by atoms with van der Waals surface area (Å²) in [4.78, 5) is 10.6. The molecule has 0 unspecified atom stereocenters. The first-order valence-electron chi connectivity index (χ1n) is 4.31. The van der Waals surface area contributed by atoms with Gasteiger partial charge in [-0.1, -0.05) is 19.9 Å². The van der Waals surface area contributed by atoms with E-state index in [1.54, 1.807) is 0 Å². The molecule has 1 saturated carbocycles. The molecular formula is C10H14O. The smallest absolute Gasteiger partial charge is 0.146 e. The van der Waals surface area contributed by atoms with Crippen LogP contribution in [0.15, 0.2) is 11.6 Å². The molecule has 0 aromatic rings. The van der Waals surface area contributed by atoms with Crippen LogP contribution in [0.4, 0.5) is 0 Å². The molecule has 0 aromatic carbocycles.